The van der Waals surface area contributed by atoms with Crippen LogP contribution in [0.15, 0.2) is 0 Å². The van der Waals surface area contributed by atoms with Crippen LogP contribution in [0.4, 0.5) is 0 Å². The highest BCUT2D eigenvalue weighted by atomic mass is 15.2. The average Bonchev–Trinajstić information content (AvgIpc) is 2.56. The highest BCUT2D eigenvalue weighted by Crippen LogP contribution is 2.24. The lowest BCUT2D eigenvalue weighted by Gasteiger charge is -2.23. The third-order valence-corrected chi connectivity index (χ3v) is 3.26. The Morgan fingerprint density at radius 1 is 1.31 bits per heavy atom. The number of likely N-dealkylation sites (tertiary alicyclic amines) is 1. The Hall–Kier alpha value is -0.120. The fourth-order valence-corrected chi connectivity index (χ4v) is 2.15. The molecule has 1 atom stereocenters. The first-order valence-electron chi connectivity index (χ1n) is 5.33. The van der Waals surface area contributed by atoms with E-state index in [1.165, 1.54) is 19.5 Å². The Morgan fingerprint density at radius 3 is 2.31 bits per heavy atom. The maximum atomic E-state index is 5.69. The molecule has 1 heterocycles. The van der Waals surface area contributed by atoms with E-state index < -0.39 is 0 Å². The van der Waals surface area contributed by atoms with Gasteiger partial charge in [-0.2, -0.15) is 0 Å². The summed E-state index contributed by atoms with van der Waals surface area (Å²) in [5.41, 5.74) is 11.4. The molecular formula is C10H23N3. The summed E-state index contributed by atoms with van der Waals surface area (Å²) in [6.45, 7) is 8.40. The number of nitrogens with two attached hydrogens (primary N) is 2. The van der Waals surface area contributed by atoms with Crippen LogP contribution in [0.3, 0.4) is 0 Å². The Morgan fingerprint density at radius 2 is 1.92 bits per heavy atom. The van der Waals surface area contributed by atoms with Crippen molar-refractivity contribution in [1.29, 1.82) is 0 Å². The van der Waals surface area contributed by atoms with Crippen LogP contribution < -0.4 is 11.5 Å². The molecule has 4 N–H and O–H groups in total. The molecule has 1 aliphatic heterocycles. The minimum absolute atomic E-state index is 0.531. The van der Waals surface area contributed by atoms with Crippen LogP contribution in [0, 0.1) is 11.8 Å². The molecule has 3 heteroatoms. The molecule has 0 amide bonds. The smallest absolute Gasteiger partial charge is 0.00387 e. The lowest BCUT2D eigenvalue weighted by Crippen LogP contribution is -2.34. The summed E-state index contributed by atoms with van der Waals surface area (Å²) in [5.74, 6) is 1.26. The zero-order valence-corrected chi connectivity index (χ0v) is 8.87. The van der Waals surface area contributed by atoms with Gasteiger partial charge >= 0.3 is 0 Å². The summed E-state index contributed by atoms with van der Waals surface area (Å²) in [6.07, 6.45) is 1.28. The third kappa shape index (κ3) is 2.66. The summed E-state index contributed by atoms with van der Waals surface area (Å²) in [7, 11) is 0. The van der Waals surface area contributed by atoms with Crippen molar-refractivity contribution < 1.29 is 0 Å². The van der Waals surface area contributed by atoms with Crippen LogP contribution in [0.2, 0.25) is 0 Å². The van der Waals surface area contributed by atoms with Crippen LogP contribution in [0.5, 0.6) is 0 Å². The zero-order chi connectivity index (χ0) is 9.84. The predicted molar refractivity (Wildman–Crippen MR) is 56.4 cm³/mol. The van der Waals surface area contributed by atoms with Gasteiger partial charge in [-0.3, -0.25) is 0 Å². The third-order valence-electron chi connectivity index (χ3n) is 3.26. The van der Waals surface area contributed by atoms with E-state index in [-0.39, 0.29) is 0 Å². The highest BCUT2D eigenvalue weighted by Gasteiger charge is 2.28. The molecule has 0 bridgehead atoms. The summed E-state index contributed by atoms with van der Waals surface area (Å²) in [5, 5.41) is 0. The minimum atomic E-state index is 0.531. The largest absolute Gasteiger partial charge is 0.330 e. The molecule has 0 radical (unpaired) electrons. The molecule has 0 saturated carbocycles. The number of nitrogens with zero attached hydrogens (tertiary/aromatic N) is 1. The molecule has 3 nitrogen and oxygen atoms in total. The molecule has 1 unspecified atom stereocenters. The van der Waals surface area contributed by atoms with Gasteiger partial charge in [-0.05, 0) is 51.7 Å². The molecule has 78 valence electrons. The van der Waals surface area contributed by atoms with Gasteiger partial charge in [0.1, 0.15) is 0 Å². The maximum Gasteiger partial charge on any atom is 0.00387 e. The van der Waals surface area contributed by atoms with E-state index in [9.17, 15) is 0 Å². The lowest BCUT2D eigenvalue weighted by atomic mass is 9.92. The Balaban J connectivity index is 2.39. The van der Waals surface area contributed by atoms with E-state index in [2.05, 4.69) is 18.7 Å². The summed E-state index contributed by atoms with van der Waals surface area (Å²) in [4.78, 5) is 2.52. The highest BCUT2D eigenvalue weighted by molar-refractivity contribution is 4.83. The molecule has 1 saturated heterocycles. The van der Waals surface area contributed by atoms with Crippen molar-refractivity contribution in [3.05, 3.63) is 0 Å². The van der Waals surface area contributed by atoms with E-state index in [0.717, 1.165) is 19.0 Å². The average molecular weight is 185 g/mol. The molecule has 1 aliphatic rings. The normalized spacial score (nSPS) is 24.9. The molecule has 1 rings (SSSR count). The van der Waals surface area contributed by atoms with Crippen LogP contribution in [-0.4, -0.2) is 37.1 Å². The molecule has 13 heavy (non-hydrogen) atoms. The number of hydrogen-bond acceptors (Lipinski definition) is 3. The van der Waals surface area contributed by atoms with Crippen molar-refractivity contribution in [1.82, 2.24) is 4.90 Å². The van der Waals surface area contributed by atoms with Crippen molar-refractivity contribution in [2.75, 3.05) is 26.2 Å². The van der Waals surface area contributed by atoms with Crippen LogP contribution >= 0.6 is 0 Å². The maximum absolute atomic E-state index is 5.69. The van der Waals surface area contributed by atoms with Gasteiger partial charge in [-0.1, -0.05) is 0 Å². The lowest BCUT2D eigenvalue weighted by molar-refractivity contribution is 0.248. The van der Waals surface area contributed by atoms with Crippen molar-refractivity contribution in [2.45, 2.75) is 26.3 Å². The van der Waals surface area contributed by atoms with Gasteiger partial charge in [-0.25, -0.2) is 0 Å². The monoisotopic (exact) mass is 185 g/mol. The van der Waals surface area contributed by atoms with Gasteiger partial charge < -0.3 is 16.4 Å². The fraction of sp³-hybridized carbons (Fsp3) is 1.00. The first-order chi connectivity index (χ1) is 6.19. The quantitative estimate of drug-likeness (QED) is 0.660. The fourth-order valence-electron chi connectivity index (χ4n) is 2.15. The van der Waals surface area contributed by atoms with Gasteiger partial charge in [0.05, 0.1) is 0 Å². The van der Waals surface area contributed by atoms with E-state index in [1.807, 2.05) is 0 Å². The number of rotatable bonds is 4. The second-order valence-corrected chi connectivity index (χ2v) is 4.37. The number of hydrogen-bond donors (Lipinski definition) is 2. The Bertz CT molecular complexity index is 143. The summed E-state index contributed by atoms with van der Waals surface area (Å²) >= 11 is 0. The summed E-state index contributed by atoms with van der Waals surface area (Å²) in [6, 6.07) is 0.668. The molecule has 1 fully saturated rings. The Labute approximate surface area is 81.5 Å². The topological polar surface area (TPSA) is 55.3 Å². The van der Waals surface area contributed by atoms with Crippen molar-refractivity contribution in [3.63, 3.8) is 0 Å². The zero-order valence-electron chi connectivity index (χ0n) is 8.87. The standard InChI is InChI=1S/C10H23N3/c1-8(2)13-4-3-9(7-13)10(5-11)6-12/h8-10H,3-7,11-12H2,1-2H3. The first-order valence-corrected chi connectivity index (χ1v) is 5.33. The van der Waals surface area contributed by atoms with Crippen molar-refractivity contribution >= 4 is 0 Å². The first kappa shape index (κ1) is 11.0. The predicted octanol–water partition coefficient (Wildman–Crippen LogP) is 0.250. The van der Waals surface area contributed by atoms with E-state index >= 15 is 0 Å². The van der Waals surface area contributed by atoms with Gasteiger partial charge in [-0.15, -0.1) is 0 Å². The van der Waals surface area contributed by atoms with Gasteiger partial charge in [0.15, 0.2) is 0 Å². The van der Waals surface area contributed by atoms with Gasteiger partial charge in [0, 0.05) is 12.6 Å². The van der Waals surface area contributed by atoms with E-state index in [4.69, 9.17) is 11.5 Å². The van der Waals surface area contributed by atoms with E-state index in [1.54, 1.807) is 0 Å². The van der Waals surface area contributed by atoms with Gasteiger partial charge in [0.2, 0.25) is 0 Å². The van der Waals surface area contributed by atoms with Crippen LogP contribution in [-0.2, 0) is 0 Å². The summed E-state index contributed by atoms with van der Waals surface area (Å²) < 4.78 is 0. The molecule has 0 aliphatic carbocycles. The SMILES string of the molecule is CC(C)N1CCC(C(CN)CN)C1. The van der Waals surface area contributed by atoms with Crippen molar-refractivity contribution in [2.24, 2.45) is 23.3 Å². The van der Waals surface area contributed by atoms with E-state index in [0.29, 0.717) is 12.0 Å². The van der Waals surface area contributed by atoms with Crippen LogP contribution in [0.1, 0.15) is 20.3 Å². The molecule has 0 aromatic carbocycles. The Kier molecular flexibility index (Phi) is 4.16. The molecule has 0 aromatic rings. The van der Waals surface area contributed by atoms with Crippen molar-refractivity contribution in [3.8, 4) is 0 Å². The second-order valence-electron chi connectivity index (χ2n) is 4.37. The molecule has 0 aromatic heterocycles. The second kappa shape index (κ2) is 4.94. The van der Waals surface area contributed by atoms with Crippen LogP contribution in [0.25, 0.3) is 0 Å². The molecule has 0 spiro atoms. The van der Waals surface area contributed by atoms with Gasteiger partial charge in [0.25, 0.3) is 0 Å². The molecular weight excluding hydrogens is 162 g/mol. The minimum Gasteiger partial charge on any atom is -0.330 e.